The Balaban J connectivity index is 1.52. The highest BCUT2D eigenvalue weighted by atomic mass is 19.1. The number of aromatic nitrogens is 1. The molecule has 3 aromatic rings. The quantitative estimate of drug-likeness (QED) is 0.396. The average molecular weight is 445 g/mol. The Hall–Kier alpha value is -4.00. The van der Waals surface area contributed by atoms with Crippen LogP contribution >= 0.6 is 0 Å². The summed E-state index contributed by atoms with van der Waals surface area (Å²) in [5.41, 5.74) is 1.33. The van der Waals surface area contributed by atoms with E-state index in [1.807, 2.05) is 30.3 Å². The van der Waals surface area contributed by atoms with Gasteiger partial charge in [-0.2, -0.15) is 0 Å². The summed E-state index contributed by atoms with van der Waals surface area (Å²) in [5.74, 6) is 0.691. The number of piperidine rings is 1. The van der Waals surface area contributed by atoms with Crippen LogP contribution in [0.1, 0.15) is 24.0 Å². The van der Waals surface area contributed by atoms with E-state index in [1.165, 1.54) is 12.3 Å². The van der Waals surface area contributed by atoms with Crippen LogP contribution in [-0.4, -0.2) is 40.6 Å². The highest BCUT2D eigenvalue weighted by Gasteiger charge is 2.24. The second-order valence-corrected chi connectivity index (χ2v) is 7.83. The van der Waals surface area contributed by atoms with Crippen molar-refractivity contribution in [3.8, 4) is 11.5 Å². The topological polar surface area (TPSA) is 78.3 Å². The van der Waals surface area contributed by atoms with Crippen molar-refractivity contribution < 1.29 is 13.9 Å². The SMILES string of the molecule is C=CC(=O)N1CCC[C@@H](Nc2c(F)cncc2C(=N)c2ccc(Oc3ccccc3)cc2)C1. The molecule has 168 valence electrons. The number of rotatable bonds is 7. The number of hydrogen-bond donors (Lipinski definition) is 2. The molecule has 2 heterocycles. The van der Waals surface area contributed by atoms with E-state index in [1.54, 1.807) is 29.2 Å². The van der Waals surface area contributed by atoms with E-state index in [4.69, 9.17) is 10.1 Å². The first-order valence-corrected chi connectivity index (χ1v) is 10.8. The zero-order chi connectivity index (χ0) is 23.2. The fourth-order valence-electron chi connectivity index (χ4n) is 3.87. The van der Waals surface area contributed by atoms with E-state index in [0.29, 0.717) is 30.0 Å². The molecule has 0 bridgehead atoms. The molecular weight excluding hydrogens is 419 g/mol. The third-order valence-corrected chi connectivity index (χ3v) is 5.55. The molecule has 0 spiro atoms. The van der Waals surface area contributed by atoms with Crippen molar-refractivity contribution in [2.45, 2.75) is 18.9 Å². The zero-order valence-corrected chi connectivity index (χ0v) is 18.1. The largest absolute Gasteiger partial charge is 0.457 e. The van der Waals surface area contributed by atoms with E-state index >= 15 is 0 Å². The minimum Gasteiger partial charge on any atom is -0.457 e. The van der Waals surface area contributed by atoms with Gasteiger partial charge in [0.25, 0.3) is 0 Å². The number of benzene rings is 2. The van der Waals surface area contributed by atoms with Gasteiger partial charge >= 0.3 is 0 Å². The summed E-state index contributed by atoms with van der Waals surface area (Å²) in [4.78, 5) is 17.6. The van der Waals surface area contributed by atoms with Crippen molar-refractivity contribution in [2.24, 2.45) is 0 Å². The van der Waals surface area contributed by atoms with Crippen LogP contribution in [0.3, 0.4) is 0 Å². The van der Waals surface area contributed by atoms with Gasteiger partial charge in [-0.15, -0.1) is 0 Å². The Morgan fingerprint density at radius 2 is 1.88 bits per heavy atom. The number of halogens is 1. The van der Waals surface area contributed by atoms with Crippen LogP contribution in [0.2, 0.25) is 0 Å². The van der Waals surface area contributed by atoms with E-state index in [-0.39, 0.29) is 23.3 Å². The molecule has 2 aromatic carbocycles. The second-order valence-electron chi connectivity index (χ2n) is 7.83. The van der Waals surface area contributed by atoms with Crippen LogP contribution in [0.25, 0.3) is 0 Å². The molecule has 0 aliphatic carbocycles. The van der Waals surface area contributed by atoms with Gasteiger partial charge in [-0.1, -0.05) is 24.8 Å². The number of likely N-dealkylation sites (tertiary alicyclic amines) is 1. The number of carbonyl (C=O) groups excluding carboxylic acids is 1. The van der Waals surface area contributed by atoms with Crippen molar-refractivity contribution in [2.75, 3.05) is 18.4 Å². The van der Waals surface area contributed by atoms with Crippen molar-refractivity contribution in [3.63, 3.8) is 0 Å². The number of nitrogens with one attached hydrogen (secondary N) is 2. The number of ether oxygens (including phenoxy) is 1. The number of amides is 1. The summed E-state index contributed by atoms with van der Waals surface area (Å²) in [5, 5.41) is 11.9. The Morgan fingerprint density at radius 3 is 2.61 bits per heavy atom. The zero-order valence-electron chi connectivity index (χ0n) is 18.1. The van der Waals surface area contributed by atoms with Crippen LogP contribution in [-0.2, 0) is 4.79 Å². The highest BCUT2D eigenvalue weighted by molar-refractivity contribution is 6.14. The number of anilines is 1. The fraction of sp³-hybridized carbons (Fsp3) is 0.192. The normalized spacial score (nSPS) is 15.5. The molecule has 1 atom stereocenters. The van der Waals surface area contributed by atoms with Crippen LogP contribution in [0.5, 0.6) is 11.5 Å². The predicted octanol–water partition coefficient (Wildman–Crippen LogP) is 5.02. The van der Waals surface area contributed by atoms with Gasteiger partial charge in [0.1, 0.15) is 11.5 Å². The third kappa shape index (κ3) is 5.26. The molecule has 1 aromatic heterocycles. The number of hydrogen-bond acceptors (Lipinski definition) is 5. The molecule has 2 N–H and O–H groups in total. The summed E-state index contributed by atoms with van der Waals surface area (Å²) < 4.78 is 20.6. The molecule has 1 saturated heterocycles. The fourth-order valence-corrected chi connectivity index (χ4v) is 3.87. The number of carbonyl (C=O) groups is 1. The van der Waals surface area contributed by atoms with Gasteiger partial charge in [-0.25, -0.2) is 4.39 Å². The van der Waals surface area contributed by atoms with E-state index in [9.17, 15) is 9.18 Å². The molecule has 1 aliphatic heterocycles. The van der Waals surface area contributed by atoms with Gasteiger partial charge in [-0.3, -0.25) is 15.2 Å². The molecule has 1 aliphatic rings. The number of nitrogens with zero attached hydrogens (tertiary/aromatic N) is 2. The molecule has 0 unspecified atom stereocenters. The Labute approximate surface area is 192 Å². The van der Waals surface area contributed by atoms with Crippen LogP contribution in [0.4, 0.5) is 10.1 Å². The van der Waals surface area contributed by atoms with Gasteiger partial charge in [-0.05, 0) is 55.3 Å². The Morgan fingerprint density at radius 1 is 1.15 bits per heavy atom. The maximum atomic E-state index is 14.8. The summed E-state index contributed by atoms with van der Waals surface area (Å²) >= 11 is 0. The standard InChI is InChI=1S/C26H25FN4O2/c1-2-24(32)31-14-6-7-19(17-31)30-26-22(15-29-16-23(26)27)25(28)18-10-12-21(13-11-18)33-20-8-4-3-5-9-20/h2-5,8-13,15-16,19,28H,1,6-7,14,17H2,(H,29,30)/t19-/m1/s1. The van der Waals surface area contributed by atoms with Crippen molar-refractivity contribution in [1.29, 1.82) is 5.41 Å². The van der Waals surface area contributed by atoms with Gasteiger partial charge in [0.15, 0.2) is 5.82 Å². The molecule has 4 rings (SSSR count). The summed E-state index contributed by atoms with van der Waals surface area (Å²) in [6.45, 7) is 4.65. The van der Waals surface area contributed by atoms with Crippen LogP contribution < -0.4 is 10.1 Å². The first kappa shape index (κ1) is 22.2. The molecule has 1 amide bonds. The van der Waals surface area contributed by atoms with Crippen molar-refractivity contribution in [1.82, 2.24) is 9.88 Å². The van der Waals surface area contributed by atoms with E-state index in [2.05, 4.69) is 16.9 Å². The lowest BCUT2D eigenvalue weighted by Gasteiger charge is -2.33. The molecule has 0 radical (unpaired) electrons. The molecule has 7 heteroatoms. The summed E-state index contributed by atoms with van der Waals surface area (Å²) in [7, 11) is 0. The predicted molar refractivity (Wildman–Crippen MR) is 127 cm³/mol. The summed E-state index contributed by atoms with van der Waals surface area (Å²) in [6, 6.07) is 16.4. The smallest absolute Gasteiger partial charge is 0.246 e. The third-order valence-electron chi connectivity index (χ3n) is 5.55. The van der Waals surface area contributed by atoms with E-state index in [0.717, 1.165) is 24.8 Å². The minimum atomic E-state index is -0.534. The lowest BCUT2D eigenvalue weighted by Crippen LogP contribution is -2.44. The van der Waals surface area contributed by atoms with Gasteiger partial charge < -0.3 is 15.0 Å². The lowest BCUT2D eigenvalue weighted by atomic mass is 10.0. The lowest BCUT2D eigenvalue weighted by molar-refractivity contribution is -0.127. The van der Waals surface area contributed by atoms with Gasteiger partial charge in [0, 0.05) is 36.5 Å². The molecule has 1 fully saturated rings. The first-order valence-electron chi connectivity index (χ1n) is 10.8. The highest BCUT2D eigenvalue weighted by Crippen LogP contribution is 2.27. The van der Waals surface area contributed by atoms with Crippen LogP contribution in [0, 0.1) is 11.2 Å². The molecular formula is C26H25FN4O2. The van der Waals surface area contributed by atoms with Gasteiger partial charge in [0.05, 0.1) is 17.6 Å². The molecule has 0 saturated carbocycles. The average Bonchev–Trinajstić information content (AvgIpc) is 2.85. The number of para-hydroxylation sites is 1. The maximum Gasteiger partial charge on any atom is 0.246 e. The Bertz CT molecular complexity index is 1150. The van der Waals surface area contributed by atoms with Crippen molar-refractivity contribution >= 4 is 17.3 Å². The van der Waals surface area contributed by atoms with Gasteiger partial charge in [0.2, 0.25) is 5.91 Å². The summed E-state index contributed by atoms with van der Waals surface area (Å²) in [6.07, 6.45) is 5.51. The van der Waals surface area contributed by atoms with E-state index < -0.39 is 5.82 Å². The number of pyridine rings is 1. The Kier molecular flexibility index (Phi) is 6.78. The van der Waals surface area contributed by atoms with Crippen LogP contribution in [0.15, 0.2) is 79.6 Å². The second kappa shape index (κ2) is 10.1. The first-order chi connectivity index (χ1) is 16.0. The molecule has 33 heavy (non-hydrogen) atoms. The minimum absolute atomic E-state index is 0.132. The van der Waals surface area contributed by atoms with Crippen molar-refractivity contribution in [3.05, 3.63) is 96.6 Å². The maximum absolute atomic E-state index is 14.8. The molecule has 6 nitrogen and oxygen atoms in total. The monoisotopic (exact) mass is 444 g/mol.